The van der Waals surface area contributed by atoms with Crippen LogP contribution in [0.5, 0.6) is 5.75 Å². The summed E-state index contributed by atoms with van der Waals surface area (Å²) in [6, 6.07) is 5.34. The van der Waals surface area contributed by atoms with E-state index in [1.807, 2.05) is 0 Å². The molecular weight excluding hydrogens is 480 g/mol. The number of carbonyl (C=O) groups is 1. The van der Waals surface area contributed by atoms with Crippen LogP contribution in [0.25, 0.3) is 5.57 Å². The van der Waals surface area contributed by atoms with Crippen LogP contribution in [0, 0.1) is 23.0 Å². The quantitative estimate of drug-likeness (QED) is 0.450. The fourth-order valence-corrected chi connectivity index (χ4v) is 4.40. The number of fused-ring (bicyclic) bond motifs is 1. The van der Waals surface area contributed by atoms with Gasteiger partial charge in [-0.15, -0.1) is 0 Å². The van der Waals surface area contributed by atoms with Gasteiger partial charge in [-0.25, -0.2) is 18.7 Å². The molecule has 0 bridgehead atoms. The lowest BCUT2D eigenvalue weighted by Crippen LogP contribution is -2.40. The zero-order valence-electron chi connectivity index (χ0n) is 20.7. The molecule has 1 aromatic heterocycles. The first-order valence-corrected chi connectivity index (χ1v) is 12.2. The third-order valence-electron chi connectivity index (χ3n) is 6.40. The number of hydrogen-bond donors (Lipinski definition) is 1. The van der Waals surface area contributed by atoms with Gasteiger partial charge in [-0.3, -0.25) is 9.79 Å². The second kappa shape index (κ2) is 11.8. The molecule has 2 aliphatic rings. The molecule has 1 aromatic carbocycles. The largest absolute Gasteiger partial charge is 0.487 e. The zero-order valence-corrected chi connectivity index (χ0v) is 20.7. The van der Waals surface area contributed by atoms with Crippen LogP contribution in [0.15, 0.2) is 29.4 Å². The Kier molecular flexibility index (Phi) is 8.28. The summed E-state index contributed by atoms with van der Waals surface area (Å²) in [6.45, 7) is 3.97. The summed E-state index contributed by atoms with van der Waals surface area (Å²) in [5.74, 6) is -0.704. The molecule has 0 saturated carbocycles. The Balaban J connectivity index is 1.57. The summed E-state index contributed by atoms with van der Waals surface area (Å²) in [7, 11) is 0. The summed E-state index contributed by atoms with van der Waals surface area (Å²) >= 11 is 0. The number of anilines is 1. The smallest absolute Gasteiger partial charge is 0.219 e. The highest BCUT2D eigenvalue weighted by Gasteiger charge is 2.29. The molecule has 11 heteroatoms. The van der Waals surface area contributed by atoms with Gasteiger partial charge in [0.15, 0.2) is 17.4 Å². The van der Waals surface area contributed by atoms with Crippen LogP contribution in [0.3, 0.4) is 0 Å². The Hall–Kier alpha value is -4.07. The number of benzene rings is 1. The van der Waals surface area contributed by atoms with Gasteiger partial charge >= 0.3 is 0 Å². The highest BCUT2D eigenvalue weighted by Crippen LogP contribution is 2.30. The zero-order chi connectivity index (χ0) is 26.4. The number of amides is 1. The second-order valence-electron chi connectivity index (χ2n) is 8.92. The van der Waals surface area contributed by atoms with E-state index in [4.69, 9.17) is 25.7 Å². The van der Waals surface area contributed by atoms with Crippen LogP contribution in [0.1, 0.15) is 43.3 Å². The molecule has 0 radical (unpaired) electrons. The van der Waals surface area contributed by atoms with Crippen LogP contribution in [0.4, 0.5) is 14.6 Å². The van der Waals surface area contributed by atoms with E-state index >= 15 is 0 Å². The number of halogens is 2. The third-order valence-corrected chi connectivity index (χ3v) is 6.40. The molecule has 1 saturated heterocycles. The van der Waals surface area contributed by atoms with Crippen molar-refractivity contribution in [3.05, 3.63) is 53.1 Å². The first-order valence-electron chi connectivity index (χ1n) is 12.2. The van der Waals surface area contributed by atoms with Crippen molar-refractivity contribution in [1.29, 1.82) is 5.26 Å². The van der Waals surface area contributed by atoms with Crippen molar-refractivity contribution < 1.29 is 18.3 Å². The molecule has 0 atom stereocenters. The number of rotatable bonds is 7. The van der Waals surface area contributed by atoms with E-state index in [1.165, 1.54) is 25.3 Å². The molecule has 2 aliphatic heterocycles. The van der Waals surface area contributed by atoms with E-state index in [0.717, 1.165) is 17.5 Å². The minimum Gasteiger partial charge on any atom is -0.487 e. The minimum absolute atomic E-state index is 0.0228. The predicted molar refractivity (Wildman–Crippen MR) is 135 cm³/mol. The van der Waals surface area contributed by atoms with Gasteiger partial charge in [-0.05, 0) is 12.1 Å². The Morgan fingerprint density at radius 2 is 2.05 bits per heavy atom. The molecule has 3 heterocycles. The van der Waals surface area contributed by atoms with Crippen LogP contribution in [-0.2, 0) is 17.8 Å². The van der Waals surface area contributed by atoms with Gasteiger partial charge in [0.25, 0.3) is 0 Å². The molecular formula is C26H29F2N7O2. The third kappa shape index (κ3) is 6.20. The fraction of sp³-hybridized carbons (Fsp3) is 0.423. The van der Waals surface area contributed by atoms with Crippen LogP contribution in [0.2, 0.25) is 0 Å². The summed E-state index contributed by atoms with van der Waals surface area (Å²) in [6.07, 6.45) is 4.86. The number of aromatic nitrogens is 2. The van der Waals surface area contributed by atoms with Crippen molar-refractivity contribution in [1.82, 2.24) is 14.9 Å². The molecule has 194 valence electrons. The van der Waals surface area contributed by atoms with E-state index < -0.39 is 11.6 Å². The maximum atomic E-state index is 14.0. The van der Waals surface area contributed by atoms with Crippen molar-refractivity contribution in [2.45, 2.75) is 45.3 Å². The Morgan fingerprint density at radius 1 is 1.27 bits per heavy atom. The molecule has 0 spiro atoms. The lowest BCUT2D eigenvalue weighted by atomic mass is 10.0. The van der Waals surface area contributed by atoms with Gasteiger partial charge in [-0.1, -0.05) is 0 Å². The number of ether oxygens (including phenoxy) is 1. The van der Waals surface area contributed by atoms with Gasteiger partial charge in [0, 0.05) is 69.9 Å². The van der Waals surface area contributed by atoms with Crippen molar-refractivity contribution >= 4 is 23.5 Å². The fourth-order valence-electron chi connectivity index (χ4n) is 4.40. The summed E-state index contributed by atoms with van der Waals surface area (Å²) < 4.78 is 33.1. The molecule has 2 aromatic rings. The lowest BCUT2D eigenvalue weighted by molar-refractivity contribution is -0.129. The predicted octanol–water partition coefficient (Wildman–Crippen LogP) is 2.99. The summed E-state index contributed by atoms with van der Waals surface area (Å²) in [5.41, 5.74) is 8.62. The standard InChI is InChI=1S/C26H29F2N7O2/c1-17(36)35-12-7-22-23(16-35)32-25(18(14-30)15-31-9-2-8-29)26(33-22)34-10-5-20(6-11-34)37-24-4-3-19(27)13-21(24)28/h3-4,13-15,20H,2,5-7,9-12,16,30H2,1H3/b18-14+,31-15?. The molecule has 4 rings (SSSR count). The van der Waals surface area contributed by atoms with E-state index in [-0.39, 0.29) is 24.2 Å². The molecule has 1 fully saturated rings. The number of nitrogens with two attached hydrogens (primary N) is 1. The highest BCUT2D eigenvalue weighted by atomic mass is 19.1. The Bertz CT molecular complexity index is 1250. The molecule has 37 heavy (non-hydrogen) atoms. The van der Waals surface area contributed by atoms with Gasteiger partial charge in [0.1, 0.15) is 17.6 Å². The van der Waals surface area contributed by atoms with Crippen LogP contribution < -0.4 is 15.4 Å². The van der Waals surface area contributed by atoms with Crippen LogP contribution >= 0.6 is 0 Å². The first-order chi connectivity index (χ1) is 17.9. The Labute approximate surface area is 214 Å². The molecule has 0 aliphatic carbocycles. The number of hydrogen-bond acceptors (Lipinski definition) is 8. The molecule has 2 N–H and O–H groups in total. The van der Waals surface area contributed by atoms with E-state index in [0.29, 0.717) is 69.1 Å². The minimum atomic E-state index is -0.724. The van der Waals surface area contributed by atoms with Crippen molar-refractivity contribution in [3.8, 4) is 11.8 Å². The lowest BCUT2D eigenvalue weighted by Gasteiger charge is -2.35. The van der Waals surface area contributed by atoms with Crippen molar-refractivity contribution in [3.63, 3.8) is 0 Å². The monoisotopic (exact) mass is 509 g/mol. The van der Waals surface area contributed by atoms with Crippen LogP contribution in [-0.4, -0.2) is 59.3 Å². The average molecular weight is 510 g/mol. The first kappa shape index (κ1) is 26.0. The van der Waals surface area contributed by atoms with Gasteiger partial charge < -0.3 is 20.3 Å². The average Bonchev–Trinajstić information content (AvgIpc) is 2.90. The number of aliphatic imine (C=N–C) groups is 1. The summed E-state index contributed by atoms with van der Waals surface area (Å²) in [5, 5.41) is 8.79. The van der Waals surface area contributed by atoms with Gasteiger partial charge in [0.05, 0.1) is 37.0 Å². The van der Waals surface area contributed by atoms with E-state index in [1.54, 1.807) is 11.1 Å². The van der Waals surface area contributed by atoms with Crippen molar-refractivity contribution in [2.24, 2.45) is 10.7 Å². The highest BCUT2D eigenvalue weighted by molar-refractivity contribution is 6.10. The Morgan fingerprint density at radius 3 is 2.73 bits per heavy atom. The molecule has 9 nitrogen and oxygen atoms in total. The van der Waals surface area contributed by atoms with Gasteiger partial charge in [0.2, 0.25) is 5.91 Å². The summed E-state index contributed by atoms with van der Waals surface area (Å²) in [4.78, 5) is 29.9. The topological polar surface area (TPSA) is 121 Å². The molecule has 0 unspecified atom stereocenters. The molecule has 1 amide bonds. The van der Waals surface area contributed by atoms with E-state index in [2.05, 4.69) is 16.0 Å². The second-order valence-corrected chi connectivity index (χ2v) is 8.92. The van der Waals surface area contributed by atoms with Crippen molar-refractivity contribution in [2.75, 3.05) is 31.1 Å². The number of nitrogens with zero attached hydrogens (tertiary/aromatic N) is 6. The maximum absolute atomic E-state index is 14.0. The number of nitriles is 1. The number of piperidine rings is 1. The maximum Gasteiger partial charge on any atom is 0.219 e. The number of carbonyl (C=O) groups excluding carboxylic acids is 1. The normalized spacial score (nSPS) is 16.5. The van der Waals surface area contributed by atoms with E-state index in [9.17, 15) is 13.6 Å². The SMILES string of the molecule is CC(=O)N1CCc2nc(N3CCC(Oc4ccc(F)cc4F)CC3)c(/C(C=NCCC#N)=C/N)nc2C1. The number of allylic oxidation sites excluding steroid dienone is 1. The van der Waals surface area contributed by atoms with Gasteiger partial charge in [-0.2, -0.15) is 5.26 Å².